The van der Waals surface area contributed by atoms with Gasteiger partial charge in [-0.15, -0.1) is 0 Å². The van der Waals surface area contributed by atoms with Crippen molar-refractivity contribution in [2.75, 3.05) is 7.11 Å². The zero-order chi connectivity index (χ0) is 12.3. The Balaban J connectivity index is 3.24. The smallest absolute Gasteiger partial charge is 0.311 e. The van der Waals surface area contributed by atoms with Crippen LogP contribution in [-0.4, -0.2) is 18.1 Å². The number of nitrogens with one attached hydrogen (secondary N) is 1. The van der Waals surface area contributed by atoms with Gasteiger partial charge in [-0.25, -0.2) is 8.78 Å². The molecule has 0 atom stereocenters. The van der Waals surface area contributed by atoms with Crippen LogP contribution in [0.2, 0.25) is 0 Å². The van der Waals surface area contributed by atoms with E-state index in [1.165, 1.54) is 0 Å². The topological polar surface area (TPSA) is 59.2 Å². The summed E-state index contributed by atoms with van der Waals surface area (Å²) in [5, 5.41) is 0. The van der Waals surface area contributed by atoms with Crippen molar-refractivity contribution in [3.8, 4) is 0 Å². The van der Waals surface area contributed by atoms with Crippen molar-refractivity contribution in [1.29, 1.82) is 0 Å². The number of hydrogen-bond donors (Lipinski definition) is 1. The Bertz CT molecular complexity index is 454. The van der Waals surface area contributed by atoms with E-state index in [1.54, 1.807) is 6.92 Å². The third kappa shape index (κ3) is 2.65. The molecule has 6 heteroatoms. The van der Waals surface area contributed by atoms with Gasteiger partial charge in [0.25, 0.3) is 6.43 Å². The van der Waals surface area contributed by atoms with E-state index in [1.807, 2.05) is 0 Å². The number of aryl methyl sites for hydroxylation is 1. The lowest BCUT2D eigenvalue weighted by molar-refractivity contribution is -0.139. The van der Waals surface area contributed by atoms with Crippen LogP contribution in [0.25, 0.3) is 0 Å². The van der Waals surface area contributed by atoms with Crippen LogP contribution >= 0.6 is 0 Å². The van der Waals surface area contributed by atoms with Crippen molar-refractivity contribution in [3.63, 3.8) is 0 Å². The number of carbonyl (C=O) groups excluding carboxylic acids is 1. The quantitative estimate of drug-likeness (QED) is 0.798. The summed E-state index contributed by atoms with van der Waals surface area (Å²) in [7, 11) is 1.15. The monoisotopic (exact) mass is 231 g/mol. The first-order chi connectivity index (χ1) is 7.45. The summed E-state index contributed by atoms with van der Waals surface area (Å²) in [5.41, 5.74) is -1.11. The van der Waals surface area contributed by atoms with Gasteiger partial charge in [0.2, 0.25) is 0 Å². The van der Waals surface area contributed by atoms with Crippen LogP contribution in [0.15, 0.2) is 10.9 Å². The van der Waals surface area contributed by atoms with Crippen molar-refractivity contribution in [2.45, 2.75) is 19.8 Å². The lowest BCUT2D eigenvalue weighted by atomic mass is 10.1. The van der Waals surface area contributed by atoms with E-state index in [4.69, 9.17) is 0 Å². The minimum atomic E-state index is -2.91. The molecule has 0 aromatic carbocycles. The average Bonchev–Trinajstić information content (AvgIpc) is 2.15. The summed E-state index contributed by atoms with van der Waals surface area (Å²) in [6.45, 7) is 1.55. The SMILES string of the molecule is COC(=O)Cc1[nH]c(C)cc(=O)c1C(F)F. The first kappa shape index (κ1) is 12.4. The zero-order valence-corrected chi connectivity index (χ0v) is 8.84. The van der Waals surface area contributed by atoms with E-state index >= 15 is 0 Å². The number of aromatic amines is 1. The molecule has 0 bridgehead atoms. The number of alkyl halides is 2. The van der Waals surface area contributed by atoms with Crippen molar-refractivity contribution in [3.05, 3.63) is 33.2 Å². The fraction of sp³-hybridized carbons (Fsp3) is 0.400. The standard InChI is InChI=1S/C10H11F2NO3/c1-5-3-7(14)9(10(11)12)6(13-5)4-8(15)16-2/h3,10H,4H2,1-2H3,(H,13,14). The molecule has 1 N–H and O–H groups in total. The maximum Gasteiger partial charge on any atom is 0.311 e. The van der Waals surface area contributed by atoms with E-state index in [2.05, 4.69) is 9.72 Å². The van der Waals surface area contributed by atoms with E-state index in [0.29, 0.717) is 5.69 Å². The molecule has 88 valence electrons. The van der Waals surface area contributed by atoms with Gasteiger partial charge in [0, 0.05) is 17.5 Å². The molecule has 1 rings (SSSR count). The molecule has 4 nitrogen and oxygen atoms in total. The van der Waals surface area contributed by atoms with Crippen LogP contribution in [-0.2, 0) is 16.0 Å². The third-order valence-corrected chi connectivity index (χ3v) is 2.05. The Morgan fingerprint density at radius 2 is 2.19 bits per heavy atom. The molecule has 0 aliphatic heterocycles. The number of hydrogen-bond acceptors (Lipinski definition) is 3. The molecule has 0 unspecified atom stereocenters. The van der Waals surface area contributed by atoms with Gasteiger partial charge in [-0.2, -0.15) is 0 Å². The number of rotatable bonds is 3. The summed E-state index contributed by atoms with van der Waals surface area (Å²) in [6, 6.07) is 1.07. The van der Waals surface area contributed by atoms with Gasteiger partial charge in [0.1, 0.15) is 0 Å². The summed E-state index contributed by atoms with van der Waals surface area (Å²) in [4.78, 5) is 24.9. The highest BCUT2D eigenvalue weighted by Crippen LogP contribution is 2.18. The van der Waals surface area contributed by atoms with Gasteiger partial charge < -0.3 is 9.72 Å². The van der Waals surface area contributed by atoms with Gasteiger partial charge >= 0.3 is 5.97 Å². The van der Waals surface area contributed by atoms with Crippen molar-refractivity contribution < 1.29 is 18.3 Å². The number of H-pyrrole nitrogens is 1. The number of halogens is 2. The van der Waals surface area contributed by atoms with E-state index in [9.17, 15) is 18.4 Å². The molecule has 1 aromatic rings. The van der Waals surface area contributed by atoms with Gasteiger partial charge in [-0.3, -0.25) is 9.59 Å². The summed E-state index contributed by atoms with van der Waals surface area (Å²) < 4.78 is 29.6. The van der Waals surface area contributed by atoms with Gasteiger partial charge in [0.05, 0.1) is 19.1 Å². The predicted molar refractivity (Wildman–Crippen MR) is 52.5 cm³/mol. The highest BCUT2D eigenvalue weighted by Gasteiger charge is 2.20. The highest BCUT2D eigenvalue weighted by atomic mass is 19.3. The van der Waals surface area contributed by atoms with Crippen LogP contribution in [0.5, 0.6) is 0 Å². The fourth-order valence-corrected chi connectivity index (χ4v) is 1.36. The largest absolute Gasteiger partial charge is 0.469 e. The minimum absolute atomic E-state index is 0.0909. The molecule has 0 saturated heterocycles. The van der Waals surface area contributed by atoms with Crippen LogP contribution in [0, 0.1) is 6.92 Å². The Kier molecular flexibility index (Phi) is 3.76. The lowest BCUT2D eigenvalue weighted by Crippen LogP contribution is -2.18. The normalized spacial score (nSPS) is 10.6. The van der Waals surface area contributed by atoms with Gasteiger partial charge in [-0.05, 0) is 6.92 Å². The third-order valence-electron chi connectivity index (χ3n) is 2.05. The Labute approximate surface area is 90.2 Å². The maximum absolute atomic E-state index is 12.6. The second kappa shape index (κ2) is 4.87. The molecule has 0 spiro atoms. The van der Waals surface area contributed by atoms with Crippen LogP contribution < -0.4 is 5.43 Å². The van der Waals surface area contributed by atoms with Crippen molar-refractivity contribution >= 4 is 5.97 Å². The lowest BCUT2D eigenvalue weighted by Gasteiger charge is -2.08. The second-order valence-corrected chi connectivity index (χ2v) is 3.26. The van der Waals surface area contributed by atoms with E-state index in [-0.39, 0.29) is 12.1 Å². The molecular formula is C10H11F2NO3. The Morgan fingerprint density at radius 1 is 1.56 bits per heavy atom. The van der Waals surface area contributed by atoms with Crippen molar-refractivity contribution in [1.82, 2.24) is 4.98 Å². The summed E-state index contributed by atoms with van der Waals surface area (Å²) >= 11 is 0. The number of ether oxygens (including phenoxy) is 1. The second-order valence-electron chi connectivity index (χ2n) is 3.26. The maximum atomic E-state index is 12.6. The van der Waals surface area contributed by atoms with Crippen LogP contribution in [0.3, 0.4) is 0 Å². The summed E-state index contributed by atoms with van der Waals surface area (Å²) in [5.74, 6) is -0.678. The van der Waals surface area contributed by atoms with E-state index in [0.717, 1.165) is 13.2 Å². The number of carbonyl (C=O) groups is 1. The predicted octanol–water partition coefficient (Wildman–Crippen LogP) is 1.34. The van der Waals surface area contributed by atoms with E-state index < -0.39 is 23.4 Å². The molecule has 0 aliphatic rings. The molecule has 0 radical (unpaired) electrons. The molecule has 1 aromatic heterocycles. The molecule has 1 heterocycles. The van der Waals surface area contributed by atoms with Gasteiger partial charge in [0.15, 0.2) is 5.43 Å². The number of esters is 1. The zero-order valence-electron chi connectivity index (χ0n) is 8.84. The number of aromatic nitrogens is 1. The molecule has 16 heavy (non-hydrogen) atoms. The molecular weight excluding hydrogens is 220 g/mol. The summed E-state index contributed by atoms with van der Waals surface area (Å²) in [6.07, 6.45) is -3.28. The molecule has 0 aliphatic carbocycles. The highest BCUT2D eigenvalue weighted by molar-refractivity contribution is 5.72. The Morgan fingerprint density at radius 3 is 2.69 bits per heavy atom. The minimum Gasteiger partial charge on any atom is -0.469 e. The number of methoxy groups -OCH3 is 1. The molecule has 0 saturated carbocycles. The van der Waals surface area contributed by atoms with Crippen LogP contribution in [0.1, 0.15) is 23.4 Å². The first-order valence-electron chi connectivity index (χ1n) is 4.53. The first-order valence-corrected chi connectivity index (χ1v) is 4.53. The fourth-order valence-electron chi connectivity index (χ4n) is 1.36. The average molecular weight is 231 g/mol. The number of pyridine rings is 1. The molecule has 0 fully saturated rings. The van der Waals surface area contributed by atoms with Crippen molar-refractivity contribution in [2.24, 2.45) is 0 Å². The van der Waals surface area contributed by atoms with Crippen LogP contribution in [0.4, 0.5) is 8.78 Å². The Hall–Kier alpha value is -1.72. The molecule has 0 amide bonds. The van der Waals surface area contributed by atoms with Gasteiger partial charge in [-0.1, -0.05) is 0 Å².